The lowest BCUT2D eigenvalue weighted by Crippen LogP contribution is -3.00. The van der Waals surface area contributed by atoms with Gasteiger partial charge < -0.3 is 93.7 Å². The van der Waals surface area contributed by atoms with Crippen molar-refractivity contribution in [3.05, 3.63) is 291 Å². The van der Waals surface area contributed by atoms with Gasteiger partial charge in [-0.05, 0) is 100 Å². The summed E-state index contributed by atoms with van der Waals surface area (Å²) in [6.45, 7) is 2.35. The second-order valence-corrected chi connectivity index (χ2v) is 20.7. The van der Waals surface area contributed by atoms with E-state index in [2.05, 4.69) is 188 Å². The molecule has 11 nitrogen and oxygen atoms in total. The second kappa shape index (κ2) is 31.2. The number of halogens is 6. The third-order valence-corrected chi connectivity index (χ3v) is 14.1. The molecule has 18 heteroatoms. The first-order valence-electron chi connectivity index (χ1n) is 25.5. The molecule has 0 radical (unpaired) electrons. The van der Waals surface area contributed by atoms with E-state index >= 15 is 0 Å². The van der Waals surface area contributed by atoms with Crippen LogP contribution in [0.25, 0.3) is 44.8 Å². The van der Waals surface area contributed by atoms with Crippen LogP contribution in [0, 0.1) is 0 Å². The Kier molecular flexibility index (Phi) is 24.9. The van der Waals surface area contributed by atoms with Gasteiger partial charge in [0.2, 0.25) is 11.4 Å². The van der Waals surface area contributed by atoms with E-state index in [4.69, 9.17) is 9.47 Å². The molecule has 0 aliphatic heterocycles. The van der Waals surface area contributed by atoms with Crippen LogP contribution < -0.4 is 111 Å². The summed E-state index contributed by atoms with van der Waals surface area (Å²) < 4.78 is 36.0. The fourth-order valence-electron chi connectivity index (χ4n) is 9.26. The van der Waals surface area contributed by atoms with Crippen molar-refractivity contribution < 1.29 is 126 Å². The van der Waals surface area contributed by atoms with Crippen LogP contribution in [0.1, 0.15) is 16.7 Å². The Morgan fingerprint density at radius 3 is 0.843 bits per heavy atom. The molecule has 0 aliphatic rings. The number of para-hydroxylation sites is 2. The van der Waals surface area contributed by atoms with Crippen molar-refractivity contribution in [2.24, 2.45) is 0 Å². The molecule has 0 saturated heterocycles. The Morgan fingerprint density at radius 2 is 0.566 bits per heavy atom. The fourth-order valence-corrected chi connectivity index (χ4v) is 9.75. The number of pyridine rings is 6. The largest absolute Gasteiger partial charge is 1.00 e. The van der Waals surface area contributed by atoms with Gasteiger partial charge in [-0.3, -0.25) is 4.57 Å². The van der Waals surface area contributed by atoms with Crippen LogP contribution in [0.4, 0.5) is 0 Å². The molecule has 0 bridgehead atoms. The lowest BCUT2D eigenvalue weighted by atomic mass is 10.0. The zero-order valence-electron chi connectivity index (χ0n) is 44.5. The molecule has 0 amide bonds. The predicted molar refractivity (Wildman–Crippen MR) is 293 cm³/mol. The number of hydrogen-bond donors (Lipinski definition) is 2. The van der Waals surface area contributed by atoms with Crippen LogP contribution in [-0.2, 0) is 30.7 Å². The molecule has 0 fully saturated rings. The van der Waals surface area contributed by atoms with Gasteiger partial charge in [-0.15, -0.1) is 0 Å². The maximum Gasteiger partial charge on any atom is 0.331 e. The molecular formula is C65H57Cl6N6O5P. The summed E-state index contributed by atoms with van der Waals surface area (Å²) in [5.41, 5.74) is 12.3. The minimum absolute atomic E-state index is 0. The molecular weight excluding hydrogens is 1190 g/mol. The summed E-state index contributed by atoms with van der Waals surface area (Å²) in [6, 6.07) is 68.2. The summed E-state index contributed by atoms with van der Waals surface area (Å²) in [5.74, 6) is 3.21. The molecule has 11 rings (SSSR count). The van der Waals surface area contributed by atoms with Crippen LogP contribution in [0.5, 0.6) is 23.0 Å². The highest BCUT2D eigenvalue weighted by Crippen LogP contribution is 2.33. The Morgan fingerprint density at radius 1 is 0.313 bits per heavy atom. The molecule has 2 N–H and O–H groups in total. The number of ether oxygens (including phenoxy) is 2. The zero-order valence-corrected chi connectivity index (χ0v) is 50.0. The van der Waals surface area contributed by atoms with Gasteiger partial charge in [-0.1, -0.05) is 36.4 Å². The average molecular weight is 1250 g/mol. The monoisotopic (exact) mass is 1240 g/mol. The van der Waals surface area contributed by atoms with Gasteiger partial charge in [0.1, 0.15) is 29.2 Å². The first kappa shape index (κ1) is 66.3. The van der Waals surface area contributed by atoms with Gasteiger partial charge in [-0.2, -0.15) is 9.13 Å². The zero-order chi connectivity index (χ0) is 52.4. The first-order chi connectivity index (χ1) is 37.7. The molecule has 5 aromatic carbocycles. The van der Waals surface area contributed by atoms with E-state index in [1.54, 1.807) is 4.57 Å². The van der Waals surface area contributed by atoms with Gasteiger partial charge in [-0.25, -0.2) is 18.3 Å². The standard InChI is InChI=1S/C65H55N6O5P.6ClH/c72-77(73,74)44-43-66-31-19-54(20-32-66)55-21-33-67(34-22-55)48-51-45-52(49-68-35-23-56(24-36-68)58-27-39-70(40-28-58)60-11-15-64(16-12-60)75-62-7-3-1-4-8-62)47-53(46-51)50-69-37-25-57(26-38-69)59-29-41-71(42-30-59)61-13-17-65(18-14-61)76-63-9-5-2-6-10-63;;;;;;/h1-42,45-47H,43-44,48-50H2;6*1H/q+4;;;;;;/p-4. The summed E-state index contributed by atoms with van der Waals surface area (Å²) in [6.07, 6.45) is 24.7. The number of aryl methyl sites for hydroxylation is 1. The Hall–Kier alpha value is -7.51. The van der Waals surface area contributed by atoms with Crippen molar-refractivity contribution in [1.82, 2.24) is 0 Å². The molecule has 0 atom stereocenters. The topological polar surface area (TPSA) is 99.3 Å². The SMILES string of the molecule is O=P(O)(O)CC[n+]1ccc(-c2cc[n+](Cc3cc(C[n+]4ccc(-c5cc[n+](-c6ccc(Oc7ccccc7)cc6)cc5)cc4)cc(C[n+]4ccc(-c5cc[n+](-c6ccc(Oc7ccccc7)cc6)cc5)cc4)c3)cc2)cc1.[Cl-].[Cl-].[Cl-].[Cl-].[Cl-].[Cl-]. The maximum atomic E-state index is 11.4. The lowest BCUT2D eigenvalue weighted by Gasteiger charge is -2.08. The van der Waals surface area contributed by atoms with Crippen LogP contribution in [-0.4, -0.2) is 15.9 Å². The van der Waals surface area contributed by atoms with Gasteiger partial charge in [0.05, 0.1) is 0 Å². The number of benzene rings is 5. The quantitative estimate of drug-likeness (QED) is 0.0659. The minimum Gasteiger partial charge on any atom is -1.00 e. The lowest BCUT2D eigenvalue weighted by molar-refractivity contribution is -0.692. The minimum atomic E-state index is -4.07. The average Bonchev–Trinajstić information content (AvgIpc) is 3.54. The van der Waals surface area contributed by atoms with Crippen molar-refractivity contribution in [2.45, 2.75) is 26.2 Å². The normalized spacial score (nSPS) is 10.5. The predicted octanol–water partition coefficient (Wildman–Crippen LogP) is -7.68. The summed E-state index contributed by atoms with van der Waals surface area (Å²) in [7, 11) is -4.07. The van der Waals surface area contributed by atoms with Gasteiger partial charge in [0, 0.05) is 114 Å². The van der Waals surface area contributed by atoms with Gasteiger partial charge in [0.25, 0.3) is 0 Å². The van der Waals surface area contributed by atoms with Gasteiger partial charge in [0.15, 0.2) is 101 Å². The van der Waals surface area contributed by atoms with E-state index in [0.29, 0.717) is 19.6 Å². The number of hydrogen-bond acceptors (Lipinski definition) is 3. The van der Waals surface area contributed by atoms with Crippen molar-refractivity contribution in [2.75, 3.05) is 6.16 Å². The third kappa shape index (κ3) is 18.2. The Balaban J connectivity index is 0.00000210. The van der Waals surface area contributed by atoms with E-state index in [1.807, 2.05) is 109 Å². The number of nitrogens with zero attached hydrogens (tertiary/aromatic N) is 6. The van der Waals surface area contributed by atoms with E-state index in [0.717, 1.165) is 67.8 Å². The molecule has 83 heavy (non-hydrogen) atoms. The molecule has 11 aromatic rings. The Labute approximate surface area is 521 Å². The highest BCUT2D eigenvalue weighted by atomic mass is 35.5. The van der Waals surface area contributed by atoms with Crippen molar-refractivity contribution in [1.29, 1.82) is 0 Å². The second-order valence-electron chi connectivity index (χ2n) is 19.0. The fraction of sp³-hybridized carbons (Fsp3) is 0.0769. The first-order valence-corrected chi connectivity index (χ1v) is 27.3. The molecule has 424 valence electrons. The van der Waals surface area contributed by atoms with E-state index in [-0.39, 0.29) is 87.1 Å². The van der Waals surface area contributed by atoms with Crippen molar-refractivity contribution in [3.8, 4) is 67.8 Å². The molecule has 6 aromatic heterocycles. The molecule has 0 aliphatic carbocycles. The van der Waals surface area contributed by atoms with Crippen LogP contribution in [0.15, 0.2) is 275 Å². The van der Waals surface area contributed by atoms with E-state index in [1.165, 1.54) is 16.7 Å². The van der Waals surface area contributed by atoms with Crippen molar-refractivity contribution in [3.63, 3.8) is 0 Å². The molecule has 6 heterocycles. The van der Waals surface area contributed by atoms with Crippen LogP contribution in [0.2, 0.25) is 0 Å². The van der Waals surface area contributed by atoms with E-state index in [9.17, 15) is 14.4 Å². The van der Waals surface area contributed by atoms with Gasteiger partial charge >= 0.3 is 7.60 Å². The highest BCUT2D eigenvalue weighted by Gasteiger charge is 2.18. The summed E-state index contributed by atoms with van der Waals surface area (Å²) in [4.78, 5) is 18.6. The number of rotatable bonds is 18. The Bertz CT molecular complexity index is 3590. The summed E-state index contributed by atoms with van der Waals surface area (Å²) >= 11 is 0. The molecule has 0 unspecified atom stereocenters. The smallest absolute Gasteiger partial charge is 0.331 e. The van der Waals surface area contributed by atoms with Crippen molar-refractivity contribution >= 4 is 7.60 Å². The molecule has 0 spiro atoms. The third-order valence-electron chi connectivity index (χ3n) is 13.3. The molecule has 0 saturated carbocycles. The maximum absolute atomic E-state index is 11.4. The van der Waals surface area contributed by atoms with Crippen LogP contribution >= 0.6 is 7.60 Å². The highest BCUT2D eigenvalue weighted by molar-refractivity contribution is 7.51. The van der Waals surface area contributed by atoms with E-state index < -0.39 is 7.60 Å². The summed E-state index contributed by atoms with van der Waals surface area (Å²) in [5, 5.41) is 0. The van der Waals surface area contributed by atoms with Crippen LogP contribution in [0.3, 0.4) is 0 Å². The number of aromatic nitrogens is 6.